The fraction of sp³-hybridized carbons (Fsp3) is 0.895. The van der Waals surface area contributed by atoms with E-state index in [9.17, 15) is 0 Å². The van der Waals surface area contributed by atoms with Crippen LogP contribution in [0.1, 0.15) is 53.9 Å². The molecule has 22 heavy (non-hydrogen) atoms. The Bertz CT molecular complexity index is 390. The van der Waals surface area contributed by atoms with E-state index in [0.29, 0.717) is 10.1 Å². The van der Waals surface area contributed by atoms with Gasteiger partial charge < -0.3 is 0 Å². The molecule has 1 fully saturated rings. The van der Waals surface area contributed by atoms with E-state index in [1.807, 2.05) is 0 Å². The van der Waals surface area contributed by atoms with E-state index < -0.39 is 26.7 Å². The van der Waals surface area contributed by atoms with Gasteiger partial charge in [-0.05, 0) is 0 Å². The second-order valence-electron chi connectivity index (χ2n) is 8.71. The second kappa shape index (κ2) is 8.57. The summed E-state index contributed by atoms with van der Waals surface area (Å²) < 4.78 is 10.1. The zero-order valence-electron chi connectivity index (χ0n) is 16.2. The third kappa shape index (κ3) is 6.20. The van der Waals surface area contributed by atoms with Gasteiger partial charge in [-0.2, -0.15) is 0 Å². The molecule has 0 amide bonds. The molecule has 0 bridgehead atoms. The van der Waals surface area contributed by atoms with Gasteiger partial charge in [-0.25, -0.2) is 0 Å². The molecule has 1 saturated heterocycles. The van der Waals surface area contributed by atoms with Crippen molar-refractivity contribution < 1.29 is 3.10 Å². The third-order valence-electron chi connectivity index (χ3n) is 3.78. The summed E-state index contributed by atoms with van der Waals surface area (Å²) in [4.78, 5) is 0. The quantitative estimate of drug-likeness (QED) is 0.346. The summed E-state index contributed by atoms with van der Waals surface area (Å²) in [7, 11) is -1.29. The molecule has 0 unspecified atom stereocenters. The number of unbranched alkanes of at least 4 members (excludes halogenated alkanes) is 1. The van der Waals surface area contributed by atoms with Crippen LogP contribution < -0.4 is 0 Å². The molecule has 0 aromatic heterocycles. The van der Waals surface area contributed by atoms with Crippen LogP contribution in [0.5, 0.6) is 0 Å². The molecule has 1 rings (SSSR count). The van der Waals surface area contributed by atoms with Crippen LogP contribution in [0.25, 0.3) is 0 Å². The van der Waals surface area contributed by atoms with E-state index in [1.165, 1.54) is 28.2 Å². The van der Waals surface area contributed by atoms with Gasteiger partial charge in [0.2, 0.25) is 0 Å². The molecule has 0 aromatic rings. The van der Waals surface area contributed by atoms with Gasteiger partial charge in [-0.1, -0.05) is 0 Å². The Morgan fingerprint density at radius 3 is 2.00 bits per heavy atom. The molecular formula is C19H38OSiTe. The maximum absolute atomic E-state index is 6.73. The predicted octanol–water partition coefficient (Wildman–Crippen LogP) is 6.08. The summed E-state index contributed by atoms with van der Waals surface area (Å²) in [6.45, 7) is 18.8. The van der Waals surface area contributed by atoms with Crippen molar-refractivity contribution in [3.63, 3.8) is 0 Å². The van der Waals surface area contributed by atoms with Crippen LogP contribution in [0, 0.1) is 23.3 Å². The number of hydrogen-bond donors (Lipinski definition) is 0. The van der Waals surface area contributed by atoms with Gasteiger partial charge in [0, 0.05) is 0 Å². The topological polar surface area (TPSA) is 9.23 Å². The van der Waals surface area contributed by atoms with Gasteiger partial charge in [-0.3, -0.25) is 0 Å². The Morgan fingerprint density at radius 2 is 1.59 bits per heavy atom. The van der Waals surface area contributed by atoms with E-state index in [4.69, 9.17) is 3.10 Å². The first-order chi connectivity index (χ1) is 10.1. The van der Waals surface area contributed by atoms with Crippen molar-refractivity contribution in [1.29, 1.82) is 0 Å². The molecule has 0 aromatic carbocycles. The van der Waals surface area contributed by atoms with Gasteiger partial charge in [-0.15, -0.1) is 0 Å². The van der Waals surface area contributed by atoms with E-state index in [-0.39, 0.29) is 0 Å². The zero-order chi connectivity index (χ0) is 17.0. The van der Waals surface area contributed by atoms with Gasteiger partial charge >= 0.3 is 146 Å². The molecule has 130 valence electrons. The SMILES string of the molecule is CCCC[C@@H]1O[Te](CC(C)C)(CC(C)C)[C@H]1C#C[Si](C)(C)C. The van der Waals surface area contributed by atoms with E-state index >= 15 is 0 Å². The van der Waals surface area contributed by atoms with Gasteiger partial charge in [0.25, 0.3) is 0 Å². The minimum absolute atomic E-state index is 0.461. The van der Waals surface area contributed by atoms with Crippen molar-refractivity contribution >= 4 is 26.7 Å². The average Bonchev–Trinajstić information content (AvgIpc) is 2.31. The summed E-state index contributed by atoms with van der Waals surface area (Å²) >= 11 is -2.28. The first-order valence-corrected chi connectivity index (χ1v) is 18.2. The summed E-state index contributed by atoms with van der Waals surface area (Å²) in [6.07, 6.45) is 4.24. The summed E-state index contributed by atoms with van der Waals surface area (Å²) in [5, 5.41) is 0. The van der Waals surface area contributed by atoms with Crippen molar-refractivity contribution in [2.75, 3.05) is 0 Å². The van der Waals surface area contributed by atoms with Crippen molar-refractivity contribution in [2.45, 2.75) is 92.5 Å². The van der Waals surface area contributed by atoms with Crippen LogP contribution in [-0.4, -0.2) is 32.8 Å². The molecule has 0 spiro atoms. The van der Waals surface area contributed by atoms with E-state index in [0.717, 1.165) is 11.8 Å². The molecule has 1 heterocycles. The van der Waals surface area contributed by atoms with Crippen molar-refractivity contribution in [3.05, 3.63) is 0 Å². The van der Waals surface area contributed by atoms with Crippen molar-refractivity contribution in [3.8, 4) is 11.5 Å². The summed E-state index contributed by atoms with van der Waals surface area (Å²) in [5.74, 6) is 5.30. The van der Waals surface area contributed by atoms with Crippen LogP contribution in [0.15, 0.2) is 0 Å². The Kier molecular flexibility index (Phi) is 8.02. The summed E-state index contributed by atoms with van der Waals surface area (Å²) in [6, 6.07) is 0. The van der Waals surface area contributed by atoms with E-state index in [1.54, 1.807) is 0 Å². The Balaban J connectivity index is 2.99. The number of rotatable bonds is 7. The number of hydrogen-bond acceptors (Lipinski definition) is 1. The molecule has 1 aliphatic heterocycles. The molecular weight excluding hydrogens is 400 g/mol. The standard InChI is InChI=1S/C19H38OSiTe/c1-9-10-11-18-19(12-13-21(6,7)8)22(20-18,14-16(2)3)15-17(4)5/h16-19H,9-11,14-15H2,1-8H3/t18-,19-/m0/s1. The average molecular weight is 438 g/mol. The van der Waals surface area contributed by atoms with Crippen LogP contribution in [-0.2, 0) is 3.10 Å². The monoisotopic (exact) mass is 440 g/mol. The van der Waals surface area contributed by atoms with Crippen LogP contribution in [0.2, 0.25) is 32.5 Å². The minimum atomic E-state index is -2.28. The fourth-order valence-corrected chi connectivity index (χ4v) is 17.3. The Morgan fingerprint density at radius 1 is 1.05 bits per heavy atom. The van der Waals surface area contributed by atoms with Crippen LogP contribution >= 0.6 is 0 Å². The second-order valence-corrected chi connectivity index (χ2v) is 22.3. The van der Waals surface area contributed by atoms with Crippen LogP contribution in [0.4, 0.5) is 0 Å². The molecule has 1 nitrogen and oxygen atoms in total. The maximum atomic E-state index is 6.73. The fourth-order valence-electron chi connectivity index (χ4n) is 3.15. The van der Waals surface area contributed by atoms with Crippen molar-refractivity contribution in [2.24, 2.45) is 11.8 Å². The Labute approximate surface area is 145 Å². The van der Waals surface area contributed by atoms with E-state index in [2.05, 4.69) is 65.7 Å². The first kappa shape index (κ1) is 20.6. The molecule has 0 saturated carbocycles. The van der Waals surface area contributed by atoms with Crippen molar-refractivity contribution in [1.82, 2.24) is 0 Å². The molecule has 2 atom stereocenters. The predicted molar refractivity (Wildman–Crippen MR) is 104 cm³/mol. The van der Waals surface area contributed by atoms with Gasteiger partial charge in [0.15, 0.2) is 0 Å². The normalized spacial score (nSPS) is 25.5. The van der Waals surface area contributed by atoms with Gasteiger partial charge in [0.1, 0.15) is 0 Å². The third-order valence-corrected chi connectivity index (χ3v) is 17.3. The van der Waals surface area contributed by atoms with Crippen LogP contribution in [0.3, 0.4) is 0 Å². The first-order valence-electron chi connectivity index (χ1n) is 9.08. The molecule has 0 aliphatic carbocycles. The molecule has 3 heteroatoms. The molecule has 1 aliphatic rings. The Hall–Kier alpha value is 0.526. The summed E-state index contributed by atoms with van der Waals surface area (Å²) in [5.41, 5.74) is 3.69. The molecule has 0 N–H and O–H groups in total. The van der Waals surface area contributed by atoms with Gasteiger partial charge in [0.05, 0.1) is 0 Å². The zero-order valence-corrected chi connectivity index (χ0v) is 19.5. The molecule has 0 radical (unpaired) electrons.